The Kier molecular flexibility index (Phi) is 4.62. The Labute approximate surface area is 146 Å². The minimum Gasteiger partial charge on any atom is -0.497 e. The van der Waals surface area contributed by atoms with Gasteiger partial charge in [0.1, 0.15) is 21.9 Å². The van der Waals surface area contributed by atoms with Crippen LogP contribution in [0.5, 0.6) is 5.75 Å². The highest BCUT2D eigenvalue weighted by Crippen LogP contribution is 2.30. The number of nitrogens with zero attached hydrogens (tertiary/aromatic N) is 3. The van der Waals surface area contributed by atoms with Gasteiger partial charge in [0.2, 0.25) is 0 Å². The number of hydrogen-bond donors (Lipinski definition) is 1. The molecular formula is C18H21ClN4O. The van der Waals surface area contributed by atoms with Crippen LogP contribution in [0.1, 0.15) is 31.1 Å². The van der Waals surface area contributed by atoms with E-state index in [-0.39, 0.29) is 6.04 Å². The summed E-state index contributed by atoms with van der Waals surface area (Å²) < 4.78 is 7.18. The summed E-state index contributed by atoms with van der Waals surface area (Å²) in [6, 6.07) is 10.1. The molecule has 0 spiro atoms. The van der Waals surface area contributed by atoms with Crippen molar-refractivity contribution in [3.05, 3.63) is 46.7 Å². The van der Waals surface area contributed by atoms with Crippen LogP contribution in [0.3, 0.4) is 0 Å². The van der Waals surface area contributed by atoms with E-state index in [4.69, 9.17) is 16.3 Å². The number of hydrogen-bond acceptors (Lipinski definition) is 4. The lowest BCUT2D eigenvalue weighted by Gasteiger charge is -2.13. The summed E-state index contributed by atoms with van der Waals surface area (Å²) >= 11 is 6.20. The minimum absolute atomic E-state index is 0.241. The van der Waals surface area contributed by atoms with Crippen molar-refractivity contribution in [3.8, 4) is 5.75 Å². The molecule has 2 aromatic heterocycles. The Balaban J connectivity index is 1.95. The number of aryl methyl sites for hydroxylation is 1. The van der Waals surface area contributed by atoms with Crippen molar-refractivity contribution in [2.75, 3.05) is 12.4 Å². The Morgan fingerprint density at radius 1 is 1.25 bits per heavy atom. The molecule has 5 nitrogen and oxygen atoms in total. The molecule has 3 rings (SSSR count). The second-order valence-electron chi connectivity index (χ2n) is 6.02. The van der Waals surface area contributed by atoms with Gasteiger partial charge in [-0.05, 0) is 38.5 Å². The quantitative estimate of drug-likeness (QED) is 0.687. The van der Waals surface area contributed by atoms with Crippen molar-refractivity contribution < 1.29 is 4.74 Å². The van der Waals surface area contributed by atoms with Gasteiger partial charge in [-0.15, -0.1) is 0 Å². The number of methoxy groups -OCH3 is 1. The lowest BCUT2D eigenvalue weighted by Crippen LogP contribution is -2.06. The summed E-state index contributed by atoms with van der Waals surface area (Å²) in [6.07, 6.45) is 0. The number of ether oxygens (including phenoxy) is 1. The number of fused-ring (bicyclic) bond motifs is 1. The van der Waals surface area contributed by atoms with Crippen LogP contribution in [-0.4, -0.2) is 21.9 Å². The summed E-state index contributed by atoms with van der Waals surface area (Å²) in [5.74, 6) is 0.849. The third kappa shape index (κ3) is 3.17. The smallest absolute Gasteiger partial charge is 0.132 e. The van der Waals surface area contributed by atoms with Gasteiger partial charge < -0.3 is 10.1 Å². The highest BCUT2D eigenvalue weighted by Gasteiger charge is 2.16. The second kappa shape index (κ2) is 6.69. The fourth-order valence-corrected chi connectivity index (χ4v) is 2.89. The van der Waals surface area contributed by atoms with Gasteiger partial charge in [-0.2, -0.15) is 5.10 Å². The zero-order valence-electron chi connectivity index (χ0n) is 14.3. The van der Waals surface area contributed by atoms with E-state index in [9.17, 15) is 0 Å². The number of rotatable bonds is 5. The topological polar surface area (TPSA) is 52.0 Å². The van der Waals surface area contributed by atoms with E-state index in [1.165, 1.54) is 0 Å². The van der Waals surface area contributed by atoms with Crippen molar-refractivity contribution in [1.82, 2.24) is 14.8 Å². The van der Waals surface area contributed by atoms with E-state index >= 15 is 0 Å². The molecule has 126 valence electrons. The zero-order valence-corrected chi connectivity index (χ0v) is 15.1. The van der Waals surface area contributed by atoms with Crippen molar-refractivity contribution in [2.45, 2.75) is 33.4 Å². The Morgan fingerprint density at radius 2 is 1.96 bits per heavy atom. The molecule has 0 fully saturated rings. The maximum Gasteiger partial charge on any atom is 0.132 e. The van der Waals surface area contributed by atoms with Gasteiger partial charge in [-0.1, -0.05) is 23.7 Å². The number of pyridine rings is 1. The zero-order chi connectivity index (χ0) is 17.3. The summed E-state index contributed by atoms with van der Waals surface area (Å²) in [6.45, 7) is 6.85. The van der Waals surface area contributed by atoms with Crippen LogP contribution < -0.4 is 10.1 Å². The van der Waals surface area contributed by atoms with Crippen LogP contribution in [-0.2, 0) is 6.54 Å². The first-order valence-corrected chi connectivity index (χ1v) is 8.29. The first-order valence-electron chi connectivity index (χ1n) is 7.91. The SMILES string of the molecule is COc1ccc(CNc2cc(Cl)nc3c(C)nn(C(C)C)c23)cc1. The first-order chi connectivity index (χ1) is 11.5. The molecule has 0 aliphatic carbocycles. The van der Waals surface area contributed by atoms with Gasteiger partial charge in [0.15, 0.2) is 0 Å². The van der Waals surface area contributed by atoms with Crippen molar-refractivity contribution >= 4 is 28.3 Å². The normalized spacial score (nSPS) is 11.2. The highest BCUT2D eigenvalue weighted by atomic mass is 35.5. The molecule has 6 heteroatoms. The molecular weight excluding hydrogens is 324 g/mol. The number of benzene rings is 1. The fraction of sp³-hybridized carbons (Fsp3) is 0.333. The van der Waals surface area contributed by atoms with Gasteiger partial charge in [-0.25, -0.2) is 4.98 Å². The number of nitrogens with one attached hydrogen (secondary N) is 1. The molecule has 0 amide bonds. The first kappa shape index (κ1) is 16.6. The van der Waals surface area contributed by atoms with E-state index in [0.717, 1.165) is 33.7 Å². The second-order valence-corrected chi connectivity index (χ2v) is 6.40. The summed E-state index contributed by atoms with van der Waals surface area (Å²) in [5.41, 5.74) is 4.81. The molecule has 0 bridgehead atoms. The molecule has 0 unspecified atom stereocenters. The third-order valence-corrected chi connectivity index (χ3v) is 4.12. The van der Waals surface area contributed by atoms with E-state index in [2.05, 4.69) is 29.2 Å². The van der Waals surface area contributed by atoms with Crippen molar-refractivity contribution in [1.29, 1.82) is 0 Å². The molecule has 0 saturated carbocycles. The Hall–Kier alpha value is -2.27. The van der Waals surface area contributed by atoms with E-state index in [1.54, 1.807) is 7.11 Å². The summed E-state index contributed by atoms with van der Waals surface area (Å²) in [4.78, 5) is 4.44. The monoisotopic (exact) mass is 344 g/mol. The van der Waals surface area contributed by atoms with Crippen LogP contribution in [0.4, 0.5) is 5.69 Å². The van der Waals surface area contributed by atoms with Gasteiger partial charge >= 0.3 is 0 Å². The molecule has 3 aromatic rings. The molecule has 0 aliphatic rings. The predicted octanol–water partition coefficient (Wildman–Crippen LogP) is 4.59. The summed E-state index contributed by atoms with van der Waals surface area (Å²) in [7, 11) is 1.67. The molecule has 1 N–H and O–H groups in total. The fourth-order valence-electron chi connectivity index (χ4n) is 2.70. The average Bonchev–Trinajstić information content (AvgIpc) is 2.90. The van der Waals surface area contributed by atoms with Crippen LogP contribution in [0.25, 0.3) is 11.0 Å². The Bertz CT molecular complexity index is 856. The molecule has 1 aromatic carbocycles. The van der Waals surface area contributed by atoms with E-state index in [0.29, 0.717) is 11.7 Å². The lowest BCUT2D eigenvalue weighted by molar-refractivity contribution is 0.414. The van der Waals surface area contributed by atoms with Crippen LogP contribution in [0.15, 0.2) is 30.3 Å². The van der Waals surface area contributed by atoms with Gasteiger partial charge in [0, 0.05) is 18.7 Å². The van der Waals surface area contributed by atoms with Crippen LogP contribution in [0.2, 0.25) is 5.15 Å². The standard InChI is InChI=1S/C18H21ClN4O/c1-11(2)23-18-15(9-16(19)21-17(18)12(3)22-23)20-10-13-5-7-14(24-4)8-6-13/h5-9,11H,10H2,1-4H3,(H,20,21). The van der Waals surface area contributed by atoms with Crippen LogP contribution >= 0.6 is 11.6 Å². The molecule has 0 saturated heterocycles. The maximum atomic E-state index is 6.20. The number of halogens is 1. The van der Waals surface area contributed by atoms with Crippen LogP contribution in [0, 0.1) is 6.92 Å². The Morgan fingerprint density at radius 3 is 2.58 bits per heavy atom. The average molecular weight is 345 g/mol. The third-order valence-electron chi connectivity index (χ3n) is 3.92. The number of anilines is 1. The van der Waals surface area contributed by atoms with E-state index < -0.39 is 0 Å². The molecule has 24 heavy (non-hydrogen) atoms. The van der Waals surface area contributed by atoms with Gasteiger partial charge in [0.25, 0.3) is 0 Å². The highest BCUT2D eigenvalue weighted by molar-refractivity contribution is 6.30. The van der Waals surface area contributed by atoms with Gasteiger partial charge in [0.05, 0.1) is 18.5 Å². The van der Waals surface area contributed by atoms with Crippen molar-refractivity contribution in [3.63, 3.8) is 0 Å². The van der Waals surface area contributed by atoms with Crippen molar-refractivity contribution in [2.24, 2.45) is 0 Å². The van der Waals surface area contributed by atoms with Gasteiger partial charge in [-0.3, -0.25) is 4.68 Å². The lowest BCUT2D eigenvalue weighted by atomic mass is 10.2. The molecule has 0 aliphatic heterocycles. The minimum atomic E-state index is 0.241. The van der Waals surface area contributed by atoms with E-state index in [1.807, 2.05) is 41.9 Å². The number of aromatic nitrogens is 3. The summed E-state index contributed by atoms with van der Waals surface area (Å²) in [5, 5.41) is 8.54. The maximum absolute atomic E-state index is 6.20. The molecule has 0 radical (unpaired) electrons. The molecule has 2 heterocycles. The largest absolute Gasteiger partial charge is 0.497 e. The molecule has 0 atom stereocenters. The predicted molar refractivity (Wildman–Crippen MR) is 98.0 cm³/mol.